The lowest BCUT2D eigenvalue weighted by atomic mass is 10.1. The van der Waals surface area contributed by atoms with E-state index in [4.69, 9.17) is 5.73 Å². The molecule has 0 aliphatic rings. The van der Waals surface area contributed by atoms with E-state index in [-0.39, 0.29) is 12.2 Å². The van der Waals surface area contributed by atoms with Crippen LogP contribution in [-0.4, -0.2) is 24.6 Å². The molecule has 0 heterocycles. The minimum Gasteiger partial charge on any atom is -0.465 e. The Labute approximate surface area is 77.7 Å². The normalized spacial score (nSPS) is 11.6. The van der Waals surface area contributed by atoms with E-state index in [1.165, 1.54) is 0 Å². The van der Waals surface area contributed by atoms with Crippen molar-refractivity contribution >= 4 is 11.9 Å². The van der Waals surface area contributed by atoms with Crippen LogP contribution in [0.3, 0.4) is 0 Å². The van der Waals surface area contributed by atoms with Crippen LogP contribution < -0.4 is 5.73 Å². The predicted molar refractivity (Wildman–Crippen MR) is 48.7 cm³/mol. The maximum absolute atomic E-state index is 11.1. The molecule has 0 aliphatic carbocycles. The fourth-order valence-corrected chi connectivity index (χ4v) is 0.914. The lowest BCUT2D eigenvalue weighted by Crippen LogP contribution is -2.34. The van der Waals surface area contributed by atoms with Crippen LogP contribution in [0.15, 0.2) is 5.57 Å². The van der Waals surface area contributed by atoms with Gasteiger partial charge in [-0.25, -0.2) is 9.59 Å². The summed E-state index contributed by atoms with van der Waals surface area (Å²) in [5.41, 5.74) is 5.75. The van der Waals surface area contributed by atoms with Crippen LogP contribution in [0.5, 0.6) is 0 Å². The average Bonchev–Trinajstić information content (AvgIpc) is 2.13. The van der Waals surface area contributed by atoms with E-state index in [0.717, 1.165) is 6.42 Å². The lowest BCUT2D eigenvalue weighted by Gasteiger charge is -2.10. The van der Waals surface area contributed by atoms with Crippen molar-refractivity contribution in [2.24, 2.45) is 5.73 Å². The average molecular weight is 185 g/mol. The van der Waals surface area contributed by atoms with Crippen molar-refractivity contribution in [1.29, 1.82) is 0 Å². The van der Waals surface area contributed by atoms with E-state index in [0.29, 0.717) is 6.42 Å². The standard InChI is InChI=1S/C9H15NO3/c1-3-5-7(6-11)8(10)9(12)13-4-2/h8H,3-5,10H2,1-2H3. The molecule has 0 rings (SSSR count). The summed E-state index contributed by atoms with van der Waals surface area (Å²) in [5, 5.41) is 0. The summed E-state index contributed by atoms with van der Waals surface area (Å²) in [4.78, 5) is 21.5. The molecule has 0 aromatic carbocycles. The summed E-state index contributed by atoms with van der Waals surface area (Å²) in [6.07, 6.45) is 1.25. The molecule has 0 amide bonds. The highest BCUT2D eigenvalue weighted by Crippen LogP contribution is 2.05. The van der Waals surface area contributed by atoms with Gasteiger partial charge in [-0.3, -0.25) is 0 Å². The zero-order chi connectivity index (χ0) is 10.3. The number of carbonyl (C=O) groups is 1. The van der Waals surface area contributed by atoms with E-state index < -0.39 is 12.0 Å². The van der Waals surface area contributed by atoms with Crippen molar-refractivity contribution in [1.82, 2.24) is 0 Å². The molecule has 0 aliphatic heterocycles. The predicted octanol–water partition coefficient (Wildman–Crippen LogP) is 0.435. The molecule has 1 unspecified atom stereocenters. The highest BCUT2D eigenvalue weighted by atomic mass is 16.5. The summed E-state index contributed by atoms with van der Waals surface area (Å²) in [7, 11) is 0. The van der Waals surface area contributed by atoms with Crippen LogP contribution in [0, 0.1) is 0 Å². The maximum Gasteiger partial charge on any atom is 0.327 e. The Hall–Kier alpha value is -1.12. The van der Waals surface area contributed by atoms with Gasteiger partial charge in [0.25, 0.3) is 0 Å². The molecule has 74 valence electrons. The van der Waals surface area contributed by atoms with Crippen molar-refractivity contribution in [3.05, 3.63) is 5.57 Å². The van der Waals surface area contributed by atoms with Crippen LogP contribution >= 0.6 is 0 Å². The van der Waals surface area contributed by atoms with E-state index in [1.807, 2.05) is 6.92 Å². The highest BCUT2D eigenvalue weighted by Gasteiger charge is 2.19. The Morgan fingerprint density at radius 2 is 2.15 bits per heavy atom. The number of hydrogen-bond donors (Lipinski definition) is 1. The van der Waals surface area contributed by atoms with Gasteiger partial charge in [-0.15, -0.1) is 0 Å². The van der Waals surface area contributed by atoms with Gasteiger partial charge in [0, 0.05) is 5.57 Å². The topological polar surface area (TPSA) is 69.4 Å². The molecule has 0 spiro atoms. The van der Waals surface area contributed by atoms with Crippen molar-refractivity contribution in [2.45, 2.75) is 32.7 Å². The zero-order valence-corrected chi connectivity index (χ0v) is 8.00. The van der Waals surface area contributed by atoms with Gasteiger partial charge in [0.1, 0.15) is 12.0 Å². The van der Waals surface area contributed by atoms with Crippen LogP contribution in [-0.2, 0) is 14.3 Å². The summed E-state index contributed by atoms with van der Waals surface area (Å²) < 4.78 is 4.67. The van der Waals surface area contributed by atoms with Crippen LogP contribution in [0.25, 0.3) is 0 Å². The monoisotopic (exact) mass is 185 g/mol. The lowest BCUT2D eigenvalue weighted by molar-refractivity contribution is -0.143. The Bertz CT molecular complexity index is 219. The molecule has 0 saturated heterocycles. The number of rotatable bonds is 5. The molecular formula is C9H15NO3. The molecule has 0 fully saturated rings. The highest BCUT2D eigenvalue weighted by molar-refractivity contribution is 5.82. The molecule has 4 heteroatoms. The van der Waals surface area contributed by atoms with Crippen molar-refractivity contribution in [3.63, 3.8) is 0 Å². The second-order valence-electron chi connectivity index (χ2n) is 2.61. The van der Waals surface area contributed by atoms with Crippen molar-refractivity contribution in [2.75, 3.05) is 6.61 Å². The zero-order valence-electron chi connectivity index (χ0n) is 8.00. The minimum atomic E-state index is -0.947. The molecule has 0 radical (unpaired) electrons. The summed E-state index contributed by atoms with van der Waals surface area (Å²) >= 11 is 0. The van der Waals surface area contributed by atoms with E-state index in [9.17, 15) is 9.59 Å². The molecule has 1 atom stereocenters. The molecule has 0 aromatic rings. The third-order valence-electron chi connectivity index (χ3n) is 1.57. The summed E-state index contributed by atoms with van der Waals surface area (Å²) in [5.74, 6) is 1.12. The number of carbonyl (C=O) groups excluding carboxylic acids is 2. The maximum atomic E-state index is 11.1. The molecule has 2 N–H and O–H groups in total. The third-order valence-corrected chi connectivity index (χ3v) is 1.57. The van der Waals surface area contributed by atoms with E-state index in [1.54, 1.807) is 12.9 Å². The van der Waals surface area contributed by atoms with Crippen LogP contribution in [0.4, 0.5) is 0 Å². The van der Waals surface area contributed by atoms with E-state index in [2.05, 4.69) is 4.74 Å². The largest absolute Gasteiger partial charge is 0.465 e. The second kappa shape index (κ2) is 6.40. The van der Waals surface area contributed by atoms with Gasteiger partial charge in [-0.1, -0.05) is 13.3 Å². The molecule has 0 saturated carbocycles. The Morgan fingerprint density at radius 3 is 2.54 bits per heavy atom. The molecule has 13 heavy (non-hydrogen) atoms. The number of hydrogen-bond acceptors (Lipinski definition) is 4. The van der Waals surface area contributed by atoms with Gasteiger partial charge < -0.3 is 10.5 Å². The van der Waals surface area contributed by atoms with Crippen LogP contribution in [0.2, 0.25) is 0 Å². The minimum absolute atomic E-state index is 0.269. The first-order valence-electron chi connectivity index (χ1n) is 4.33. The fraction of sp³-hybridized carbons (Fsp3) is 0.667. The fourth-order valence-electron chi connectivity index (χ4n) is 0.914. The van der Waals surface area contributed by atoms with Gasteiger partial charge in [-0.2, -0.15) is 0 Å². The molecule has 0 bridgehead atoms. The summed E-state index contributed by atoms with van der Waals surface area (Å²) in [6, 6.07) is -0.947. The van der Waals surface area contributed by atoms with Crippen molar-refractivity contribution < 1.29 is 14.3 Å². The van der Waals surface area contributed by atoms with Gasteiger partial charge in [0.15, 0.2) is 0 Å². The number of nitrogens with two attached hydrogens (primary N) is 1. The molecular weight excluding hydrogens is 170 g/mol. The van der Waals surface area contributed by atoms with Gasteiger partial charge in [0.2, 0.25) is 0 Å². The Balaban J connectivity index is 4.29. The third kappa shape index (κ3) is 3.87. The Kier molecular flexibility index (Phi) is 5.85. The quantitative estimate of drug-likeness (QED) is 0.498. The first-order valence-corrected chi connectivity index (χ1v) is 4.33. The van der Waals surface area contributed by atoms with Crippen molar-refractivity contribution in [3.8, 4) is 0 Å². The number of esters is 1. The summed E-state index contributed by atoms with van der Waals surface area (Å²) in [6.45, 7) is 3.86. The molecule has 0 aromatic heterocycles. The second-order valence-corrected chi connectivity index (χ2v) is 2.61. The molecule has 4 nitrogen and oxygen atoms in total. The smallest absolute Gasteiger partial charge is 0.327 e. The Morgan fingerprint density at radius 1 is 1.54 bits per heavy atom. The number of ether oxygens (including phenoxy) is 1. The first kappa shape index (κ1) is 11.9. The SMILES string of the molecule is CCCC(=C=O)C(N)C(=O)OCC. The van der Waals surface area contributed by atoms with E-state index >= 15 is 0 Å². The van der Waals surface area contributed by atoms with Gasteiger partial charge in [0.05, 0.1) is 6.61 Å². The van der Waals surface area contributed by atoms with Gasteiger partial charge >= 0.3 is 5.97 Å². The van der Waals surface area contributed by atoms with Crippen LogP contribution in [0.1, 0.15) is 26.7 Å². The first-order chi connectivity index (χ1) is 6.17. The van der Waals surface area contributed by atoms with Gasteiger partial charge in [-0.05, 0) is 13.3 Å².